The highest BCUT2D eigenvalue weighted by molar-refractivity contribution is 7.81. The maximum atomic E-state index is 11.7. The van der Waals surface area contributed by atoms with E-state index in [0.29, 0.717) is 31.3 Å². The van der Waals surface area contributed by atoms with Gasteiger partial charge in [-0.15, -0.1) is 0 Å². The molecule has 3 unspecified atom stereocenters. The number of benzene rings is 3. The number of hydrogen-bond acceptors (Lipinski definition) is 5. The Balaban J connectivity index is 1.26. The van der Waals surface area contributed by atoms with Gasteiger partial charge in [0.05, 0.1) is 24.0 Å². The normalized spacial score (nSPS) is 19.6. The molecule has 0 spiro atoms. The van der Waals surface area contributed by atoms with E-state index in [1.165, 1.54) is 5.56 Å². The van der Waals surface area contributed by atoms with Gasteiger partial charge < -0.3 is 19.3 Å². The fourth-order valence-electron chi connectivity index (χ4n) is 5.38. The lowest BCUT2D eigenvalue weighted by atomic mass is 9.94. The van der Waals surface area contributed by atoms with Crippen molar-refractivity contribution in [2.75, 3.05) is 26.0 Å². The number of nitrogens with zero attached hydrogens (tertiary/aromatic N) is 1. The average molecular weight is 536 g/mol. The topological polar surface area (TPSA) is 85.3 Å². The van der Waals surface area contributed by atoms with E-state index in [1.54, 1.807) is 6.26 Å². The molecule has 1 fully saturated rings. The zero-order valence-corrected chi connectivity index (χ0v) is 22.8. The lowest BCUT2D eigenvalue weighted by Crippen LogP contribution is -2.26. The number of aryl methyl sites for hydroxylation is 2. The molecule has 0 amide bonds. The number of rotatable bonds is 9. The van der Waals surface area contributed by atoms with Gasteiger partial charge in [0.1, 0.15) is 30.0 Å². The Kier molecular flexibility index (Phi) is 7.72. The van der Waals surface area contributed by atoms with Crippen molar-refractivity contribution in [3.8, 4) is 28.4 Å². The van der Waals surface area contributed by atoms with Gasteiger partial charge in [0.15, 0.2) is 0 Å². The van der Waals surface area contributed by atoms with Gasteiger partial charge in [-0.25, -0.2) is 8.51 Å². The van der Waals surface area contributed by atoms with Crippen molar-refractivity contribution in [3.05, 3.63) is 76.9 Å². The summed E-state index contributed by atoms with van der Waals surface area (Å²) in [5, 5.41) is 9.10. The Hall–Kier alpha value is -3.36. The summed E-state index contributed by atoms with van der Waals surface area (Å²) >= 11 is 0. The minimum Gasteiger partial charge on any atom is -0.492 e. The minimum atomic E-state index is -0.960. The molecular formula is C30H33NO6S. The summed E-state index contributed by atoms with van der Waals surface area (Å²) in [7, 11) is -0.960. The molecule has 0 aromatic heterocycles. The van der Waals surface area contributed by atoms with Crippen LogP contribution in [0.15, 0.2) is 54.6 Å². The average Bonchev–Trinajstić information content (AvgIpc) is 3.49. The Bertz CT molecular complexity index is 1350. The molecule has 200 valence electrons. The predicted octanol–water partition coefficient (Wildman–Crippen LogP) is 5.25. The van der Waals surface area contributed by atoms with E-state index >= 15 is 0 Å². The molecule has 3 aromatic carbocycles. The summed E-state index contributed by atoms with van der Waals surface area (Å²) in [6.45, 7) is 6.47. The highest BCUT2D eigenvalue weighted by Crippen LogP contribution is 2.38. The van der Waals surface area contributed by atoms with Gasteiger partial charge in [-0.1, -0.05) is 24.3 Å². The molecular weight excluding hydrogens is 502 g/mol. The van der Waals surface area contributed by atoms with E-state index < -0.39 is 17.0 Å². The van der Waals surface area contributed by atoms with Gasteiger partial charge >= 0.3 is 5.97 Å². The molecule has 2 heterocycles. The number of fused-ring (bicyclic) bond motifs is 1. The fraction of sp³-hybridized carbons (Fsp3) is 0.367. The predicted molar refractivity (Wildman–Crippen MR) is 147 cm³/mol. The van der Waals surface area contributed by atoms with Crippen molar-refractivity contribution in [3.63, 3.8) is 0 Å². The highest BCUT2D eigenvalue weighted by Gasteiger charge is 2.27. The molecule has 8 heteroatoms. The van der Waals surface area contributed by atoms with Crippen LogP contribution < -0.4 is 14.2 Å². The van der Waals surface area contributed by atoms with E-state index in [0.717, 1.165) is 46.5 Å². The third-order valence-electron chi connectivity index (χ3n) is 7.19. The highest BCUT2D eigenvalue weighted by atomic mass is 32.2. The molecule has 0 aliphatic carbocycles. The van der Waals surface area contributed by atoms with Crippen LogP contribution in [0.1, 0.15) is 41.0 Å². The van der Waals surface area contributed by atoms with E-state index in [9.17, 15) is 9.00 Å². The van der Waals surface area contributed by atoms with Crippen LogP contribution in [0, 0.1) is 13.8 Å². The Morgan fingerprint density at radius 3 is 2.61 bits per heavy atom. The Morgan fingerprint density at radius 2 is 1.89 bits per heavy atom. The number of carboxylic acids is 1. The minimum absolute atomic E-state index is 0.0525. The van der Waals surface area contributed by atoms with Crippen molar-refractivity contribution >= 4 is 17.0 Å². The molecule has 0 saturated carbocycles. The van der Waals surface area contributed by atoms with Crippen molar-refractivity contribution in [2.45, 2.75) is 45.3 Å². The molecule has 0 bridgehead atoms. The third kappa shape index (κ3) is 5.87. The largest absolute Gasteiger partial charge is 0.492 e. The van der Waals surface area contributed by atoms with Crippen LogP contribution >= 0.6 is 0 Å². The van der Waals surface area contributed by atoms with Gasteiger partial charge in [-0.3, -0.25) is 4.79 Å². The number of hydrogen-bond donors (Lipinski definition) is 1. The summed E-state index contributed by atoms with van der Waals surface area (Å²) in [6.07, 6.45) is 2.70. The molecule has 7 nitrogen and oxygen atoms in total. The number of carboxylic acid groups (broad SMARTS) is 1. The smallest absolute Gasteiger partial charge is 0.304 e. The summed E-state index contributed by atoms with van der Waals surface area (Å²) in [5.74, 6) is 1.29. The summed E-state index contributed by atoms with van der Waals surface area (Å²) in [4.78, 5) is 11.1. The summed E-state index contributed by atoms with van der Waals surface area (Å²) < 4.78 is 31.7. The lowest BCUT2D eigenvalue weighted by molar-refractivity contribution is -0.137. The molecule has 3 atom stereocenters. The summed E-state index contributed by atoms with van der Waals surface area (Å²) in [6, 6.07) is 18.1. The SMILES string of the molecule is Cc1cc(OC2CCN(S(C)=O)C2)cc(C)c1-c1cccc(COc2ccc3c(c2)OCC3CC(=O)O)c1. The fourth-order valence-corrected chi connectivity index (χ4v) is 6.12. The van der Waals surface area contributed by atoms with Crippen LogP contribution in [0.3, 0.4) is 0 Å². The number of aliphatic carboxylic acids is 1. The summed E-state index contributed by atoms with van der Waals surface area (Å²) in [5.41, 5.74) is 6.54. The number of ether oxygens (including phenoxy) is 3. The molecule has 0 radical (unpaired) electrons. The monoisotopic (exact) mass is 535 g/mol. The van der Waals surface area contributed by atoms with Crippen molar-refractivity contribution in [1.82, 2.24) is 4.31 Å². The van der Waals surface area contributed by atoms with Crippen molar-refractivity contribution in [2.24, 2.45) is 0 Å². The van der Waals surface area contributed by atoms with Crippen molar-refractivity contribution in [1.29, 1.82) is 0 Å². The third-order valence-corrected chi connectivity index (χ3v) is 8.25. The van der Waals surface area contributed by atoms with Crippen LogP contribution in [0.2, 0.25) is 0 Å². The Labute approximate surface area is 225 Å². The van der Waals surface area contributed by atoms with Gasteiger partial charge in [0, 0.05) is 36.9 Å². The van der Waals surface area contributed by atoms with Crippen LogP contribution in [0.5, 0.6) is 17.2 Å². The maximum absolute atomic E-state index is 11.7. The second kappa shape index (κ2) is 11.2. The van der Waals surface area contributed by atoms with Gasteiger partial charge in [0.2, 0.25) is 0 Å². The van der Waals surface area contributed by atoms with E-state index in [4.69, 9.17) is 19.3 Å². The molecule has 2 aliphatic rings. The van der Waals surface area contributed by atoms with Gasteiger partial charge in [-0.05, 0) is 72.4 Å². The molecule has 38 heavy (non-hydrogen) atoms. The quantitative estimate of drug-likeness (QED) is 0.403. The number of carbonyl (C=O) groups is 1. The first-order chi connectivity index (χ1) is 18.3. The van der Waals surface area contributed by atoms with E-state index in [2.05, 4.69) is 38.1 Å². The molecule has 2 aliphatic heterocycles. The first-order valence-electron chi connectivity index (χ1n) is 12.8. The van der Waals surface area contributed by atoms with Crippen molar-refractivity contribution < 1.29 is 28.3 Å². The first kappa shape index (κ1) is 26.3. The van der Waals surface area contributed by atoms with E-state index in [1.807, 2.05) is 34.6 Å². The first-order valence-corrected chi connectivity index (χ1v) is 14.4. The lowest BCUT2D eigenvalue weighted by Gasteiger charge is -2.18. The van der Waals surface area contributed by atoms with Gasteiger partial charge in [-0.2, -0.15) is 0 Å². The van der Waals surface area contributed by atoms with Crippen LogP contribution in [-0.2, 0) is 22.4 Å². The second-order valence-electron chi connectivity index (χ2n) is 10.1. The molecule has 1 N–H and O–H groups in total. The van der Waals surface area contributed by atoms with Crippen LogP contribution in [0.25, 0.3) is 11.1 Å². The van der Waals surface area contributed by atoms with E-state index in [-0.39, 0.29) is 18.4 Å². The Morgan fingerprint density at radius 1 is 1.11 bits per heavy atom. The molecule has 5 rings (SSSR count). The standard InChI is InChI=1S/C30H33NO6S/c1-19-11-26(37-25-9-10-31(16-25)38(3)34)12-20(2)30(19)22-6-4-5-21(13-22)17-35-24-7-8-27-23(14-29(32)33)18-36-28(27)15-24/h4-8,11-13,15,23,25H,9-10,14,16-18H2,1-3H3,(H,32,33). The van der Waals surface area contributed by atoms with Gasteiger partial charge in [0.25, 0.3) is 0 Å². The maximum Gasteiger partial charge on any atom is 0.304 e. The molecule has 1 saturated heterocycles. The zero-order chi connectivity index (χ0) is 26.8. The van der Waals surface area contributed by atoms with Crippen LogP contribution in [0.4, 0.5) is 0 Å². The second-order valence-corrected chi connectivity index (χ2v) is 11.4. The zero-order valence-electron chi connectivity index (χ0n) is 21.9. The molecule has 3 aromatic rings. The van der Waals surface area contributed by atoms with Crippen LogP contribution in [-0.4, -0.2) is 51.6 Å².